The number of nitrogens with two attached hydrogens (primary N) is 1. The second kappa shape index (κ2) is 3.38. The predicted molar refractivity (Wildman–Crippen MR) is 67.6 cm³/mol. The van der Waals surface area contributed by atoms with Crippen LogP contribution in [0.5, 0.6) is 0 Å². The minimum absolute atomic E-state index is 0.649. The monoisotopic (exact) mass is 227 g/mol. The minimum atomic E-state index is 0.649. The first kappa shape index (κ1) is 9.96. The molecule has 0 bridgehead atoms. The van der Waals surface area contributed by atoms with Crippen molar-refractivity contribution in [3.8, 4) is 11.3 Å². The molecule has 1 aromatic carbocycles. The number of benzene rings is 1. The molecule has 0 radical (unpaired) electrons. The average molecular weight is 227 g/mol. The zero-order valence-electron chi connectivity index (χ0n) is 9.77. The van der Waals surface area contributed by atoms with Gasteiger partial charge in [-0.3, -0.25) is 4.68 Å². The van der Waals surface area contributed by atoms with Crippen molar-refractivity contribution in [3.05, 3.63) is 36.1 Å². The van der Waals surface area contributed by atoms with Gasteiger partial charge in [0.15, 0.2) is 0 Å². The van der Waals surface area contributed by atoms with Gasteiger partial charge in [-0.2, -0.15) is 5.10 Å². The molecule has 0 aliphatic rings. The topological polar surface area (TPSA) is 57.0 Å². The molecule has 0 spiro atoms. The lowest BCUT2D eigenvalue weighted by Crippen LogP contribution is -1.96. The third kappa shape index (κ3) is 1.58. The first-order valence-corrected chi connectivity index (χ1v) is 5.43. The van der Waals surface area contributed by atoms with E-state index in [9.17, 15) is 0 Å². The van der Waals surface area contributed by atoms with Crippen LogP contribution in [0.1, 0.15) is 5.76 Å². The Labute approximate surface area is 98.6 Å². The number of nitrogens with zero attached hydrogens (tertiary/aromatic N) is 2. The standard InChI is InChI=1S/C13H13N3O/c1-8-5-10-4-3-9(6-12(10)17-8)11-7-13(14)16(2)15-11/h3-7H,14H2,1-2H3. The van der Waals surface area contributed by atoms with E-state index in [1.807, 2.05) is 44.3 Å². The molecule has 86 valence electrons. The summed E-state index contributed by atoms with van der Waals surface area (Å²) in [4.78, 5) is 0. The summed E-state index contributed by atoms with van der Waals surface area (Å²) in [6, 6.07) is 9.93. The molecule has 3 rings (SSSR count). The van der Waals surface area contributed by atoms with Crippen molar-refractivity contribution in [1.82, 2.24) is 9.78 Å². The van der Waals surface area contributed by atoms with Gasteiger partial charge in [-0.05, 0) is 19.1 Å². The van der Waals surface area contributed by atoms with Crippen LogP contribution in [-0.2, 0) is 7.05 Å². The normalized spacial score (nSPS) is 11.2. The maximum Gasteiger partial charge on any atom is 0.134 e. The Morgan fingerprint density at radius 1 is 1.24 bits per heavy atom. The SMILES string of the molecule is Cc1cc2ccc(-c3cc(N)n(C)n3)cc2o1. The molecule has 0 aliphatic carbocycles. The number of furan rings is 1. The van der Waals surface area contributed by atoms with E-state index in [1.54, 1.807) is 4.68 Å². The number of rotatable bonds is 1. The Balaban J connectivity index is 2.16. The van der Waals surface area contributed by atoms with Crippen LogP contribution in [0, 0.1) is 6.92 Å². The van der Waals surface area contributed by atoms with Crippen molar-refractivity contribution < 1.29 is 4.42 Å². The first-order chi connectivity index (χ1) is 8.13. The summed E-state index contributed by atoms with van der Waals surface area (Å²) in [6.45, 7) is 1.94. The van der Waals surface area contributed by atoms with Gasteiger partial charge in [0.2, 0.25) is 0 Å². The number of aromatic nitrogens is 2. The summed E-state index contributed by atoms with van der Waals surface area (Å²) >= 11 is 0. The van der Waals surface area contributed by atoms with E-state index in [0.717, 1.165) is 28.0 Å². The highest BCUT2D eigenvalue weighted by Gasteiger charge is 2.07. The van der Waals surface area contributed by atoms with E-state index in [4.69, 9.17) is 10.2 Å². The third-order valence-electron chi connectivity index (χ3n) is 2.86. The van der Waals surface area contributed by atoms with Crippen molar-refractivity contribution in [3.63, 3.8) is 0 Å². The Morgan fingerprint density at radius 2 is 2.06 bits per heavy atom. The molecule has 0 unspecified atom stereocenters. The van der Waals surface area contributed by atoms with Crippen LogP contribution in [0.15, 0.2) is 34.7 Å². The lowest BCUT2D eigenvalue weighted by Gasteiger charge is -1.95. The highest BCUT2D eigenvalue weighted by Crippen LogP contribution is 2.26. The van der Waals surface area contributed by atoms with Gasteiger partial charge >= 0.3 is 0 Å². The number of fused-ring (bicyclic) bond motifs is 1. The zero-order valence-corrected chi connectivity index (χ0v) is 9.77. The highest BCUT2D eigenvalue weighted by atomic mass is 16.3. The third-order valence-corrected chi connectivity index (χ3v) is 2.86. The van der Waals surface area contributed by atoms with Gasteiger partial charge in [-0.25, -0.2) is 0 Å². The fourth-order valence-corrected chi connectivity index (χ4v) is 1.95. The van der Waals surface area contributed by atoms with E-state index in [-0.39, 0.29) is 0 Å². The molecule has 4 nitrogen and oxygen atoms in total. The fraction of sp³-hybridized carbons (Fsp3) is 0.154. The smallest absolute Gasteiger partial charge is 0.134 e. The maximum atomic E-state index is 5.77. The number of hydrogen-bond acceptors (Lipinski definition) is 3. The molecule has 2 aromatic heterocycles. The molecule has 0 atom stereocenters. The Bertz CT molecular complexity index is 674. The van der Waals surface area contributed by atoms with Crippen LogP contribution < -0.4 is 5.73 Å². The van der Waals surface area contributed by atoms with Gasteiger partial charge in [-0.1, -0.05) is 12.1 Å². The van der Waals surface area contributed by atoms with Gasteiger partial charge in [0, 0.05) is 24.1 Å². The number of hydrogen-bond donors (Lipinski definition) is 1. The second-order valence-electron chi connectivity index (χ2n) is 4.19. The van der Waals surface area contributed by atoms with Crippen LogP contribution in [-0.4, -0.2) is 9.78 Å². The molecular weight excluding hydrogens is 214 g/mol. The van der Waals surface area contributed by atoms with Gasteiger partial charge in [-0.15, -0.1) is 0 Å². The van der Waals surface area contributed by atoms with Gasteiger partial charge in [0.25, 0.3) is 0 Å². The Morgan fingerprint density at radius 3 is 2.76 bits per heavy atom. The van der Waals surface area contributed by atoms with Crippen LogP contribution in [0.25, 0.3) is 22.2 Å². The van der Waals surface area contributed by atoms with E-state index in [1.165, 1.54) is 0 Å². The summed E-state index contributed by atoms with van der Waals surface area (Å²) in [5, 5.41) is 5.45. The molecule has 17 heavy (non-hydrogen) atoms. The zero-order chi connectivity index (χ0) is 12.0. The van der Waals surface area contributed by atoms with Crippen molar-refractivity contribution >= 4 is 16.8 Å². The van der Waals surface area contributed by atoms with Crippen LogP contribution in [0.2, 0.25) is 0 Å². The number of nitrogen functional groups attached to an aromatic ring is 1. The molecule has 2 heterocycles. The highest BCUT2D eigenvalue weighted by molar-refractivity contribution is 5.83. The Hall–Kier alpha value is -2.23. The molecule has 0 amide bonds. The molecule has 2 N–H and O–H groups in total. The van der Waals surface area contributed by atoms with E-state index >= 15 is 0 Å². The van der Waals surface area contributed by atoms with Gasteiger partial charge < -0.3 is 10.2 Å². The molecular formula is C13H13N3O. The molecule has 0 fully saturated rings. The van der Waals surface area contributed by atoms with Crippen LogP contribution in [0.4, 0.5) is 5.82 Å². The summed E-state index contributed by atoms with van der Waals surface area (Å²) in [5.74, 6) is 1.56. The van der Waals surface area contributed by atoms with E-state index in [2.05, 4.69) is 5.10 Å². The quantitative estimate of drug-likeness (QED) is 0.695. The summed E-state index contributed by atoms with van der Waals surface area (Å²) in [6.07, 6.45) is 0. The van der Waals surface area contributed by atoms with Crippen LogP contribution in [0.3, 0.4) is 0 Å². The van der Waals surface area contributed by atoms with Crippen molar-refractivity contribution in [1.29, 1.82) is 0 Å². The molecule has 0 saturated heterocycles. The summed E-state index contributed by atoms with van der Waals surface area (Å²) in [5.41, 5.74) is 8.53. The number of aryl methyl sites for hydroxylation is 2. The minimum Gasteiger partial charge on any atom is -0.461 e. The second-order valence-corrected chi connectivity index (χ2v) is 4.19. The largest absolute Gasteiger partial charge is 0.461 e. The molecule has 0 aliphatic heterocycles. The van der Waals surface area contributed by atoms with Gasteiger partial charge in [0.05, 0.1) is 5.69 Å². The summed E-state index contributed by atoms with van der Waals surface area (Å²) < 4.78 is 7.26. The fourth-order valence-electron chi connectivity index (χ4n) is 1.95. The Kier molecular flexibility index (Phi) is 1.98. The lowest BCUT2D eigenvalue weighted by molar-refractivity contribution is 0.578. The maximum absolute atomic E-state index is 5.77. The lowest BCUT2D eigenvalue weighted by atomic mass is 10.1. The summed E-state index contributed by atoms with van der Waals surface area (Å²) in [7, 11) is 1.83. The number of anilines is 1. The molecule has 0 saturated carbocycles. The first-order valence-electron chi connectivity index (χ1n) is 5.43. The van der Waals surface area contributed by atoms with Gasteiger partial charge in [0.1, 0.15) is 17.2 Å². The molecule has 4 heteroatoms. The van der Waals surface area contributed by atoms with Crippen molar-refractivity contribution in [2.24, 2.45) is 7.05 Å². The van der Waals surface area contributed by atoms with E-state index in [0.29, 0.717) is 5.82 Å². The van der Waals surface area contributed by atoms with E-state index < -0.39 is 0 Å². The molecule has 3 aromatic rings. The van der Waals surface area contributed by atoms with Crippen LogP contribution >= 0.6 is 0 Å². The average Bonchev–Trinajstić information content (AvgIpc) is 2.80. The predicted octanol–water partition coefficient (Wildman–Crippen LogP) is 2.72. The van der Waals surface area contributed by atoms with Crippen molar-refractivity contribution in [2.75, 3.05) is 5.73 Å². The van der Waals surface area contributed by atoms with Crippen molar-refractivity contribution in [2.45, 2.75) is 6.92 Å².